The number of carboxylic acid groups (broad SMARTS) is 1. The average Bonchev–Trinajstić information content (AvgIpc) is 2.75. The fourth-order valence-electron chi connectivity index (χ4n) is 3.08. The number of aliphatic carboxylic acids is 1. The van der Waals surface area contributed by atoms with Gasteiger partial charge in [-0.2, -0.15) is 4.98 Å². The van der Waals surface area contributed by atoms with Crippen LogP contribution in [0.4, 0.5) is 11.6 Å². The molecule has 162 valence electrons. The molecule has 0 spiro atoms. The van der Waals surface area contributed by atoms with E-state index in [2.05, 4.69) is 20.3 Å². The number of ketones is 1. The average molecular weight is 425 g/mol. The number of nitrogens with two attached hydrogens (primary N) is 3. The second-order valence-electron chi connectivity index (χ2n) is 7.09. The number of benzene rings is 1. The number of hydrogen-bond donors (Lipinski definition) is 6. The predicted octanol–water partition coefficient (Wildman–Crippen LogP) is 0.216. The molecule has 2 heterocycles. The Morgan fingerprint density at radius 1 is 1.23 bits per heavy atom. The number of fused-ring (bicyclic) bond motifs is 1. The number of pyridine rings is 1. The van der Waals surface area contributed by atoms with Crippen LogP contribution in [0.15, 0.2) is 41.3 Å². The number of aromatic nitrogens is 3. The number of rotatable bonds is 9. The monoisotopic (exact) mass is 425 g/mol. The van der Waals surface area contributed by atoms with Crippen molar-refractivity contribution in [2.75, 3.05) is 17.6 Å². The van der Waals surface area contributed by atoms with Gasteiger partial charge in [-0.25, -0.2) is 9.78 Å². The molecule has 3 rings (SSSR count). The highest BCUT2D eigenvalue weighted by Gasteiger charge is 2.41. The first-order valence-corrected chi connectivity index (χ1v) is 9.50. The lowest BCUT2D eigenvalue weighted by atomic mass is 9.86. The first-order valence-electron chi connectivity index (χ1n) is 9.50. The van der Waals surface area contributed by atoms with E-state index in [1.807, 2.05) is 0 Å². The number of nitrogen functional groups attached to an aromatic ring is 1. The number of Topliss-reactive ketones (excluding diaryl/α,β-unsaturated/α-hetero) is 1. The Balaban J connectivity index is 1.72. The summed E-state index contributed by atoms with van der Waals surface area (Å²) in [5.74, 6) is -2.06. The second kappa shape index (κ2) is 8.90. The quantitative estimate of drug-likeness (QED) is 0.203. The molecule has 1 aromatic carbocycles. The molecule has 2 aromatic heterocycles. The summed E-state index contributed by atoms with van der Waals surface area (Å²) in [6.45, 7) is 0.591. The third-order valence-electron chi connectivity index (χ3n) is 4.84. The first-order chi connectivity index (χ1) is 14.7. The van der Waals surface area contributed by atoms with E-state index in [0.29, 0.717) is 24.0 Å². The smallest absolute Gasteiger partial charge is 0.331 e. The van der Waals surface area contributed by atoms with Gasteiger partial charge in [-0.15, -0.1) is 0 Å². The Morgan fingerprint density at radius 2 is 1.94 bits per heavy atom. The van der Waals surface area contributed by atoms with E-state index >= 15 is 0 Å². The van der Waals surface area contributed by atoms with Crippen LogP contribution in [0.2, 0.25) is 0 Å². The molecule has 0 aliphatic carbocycles. The number of nitrogens with zero attached hydrogens (tertiary/aromatic N) is 2. The van der Waals surface area contributed by atoms with E-state index < -0.39 is 17.3 Å². The largest absolute Gasteiger partial charge is 0.480 e. The lowest BCUT2D eigenvalue weighted by molar-refractivity contribution is -0.141. The minimum Gasteiger partial charge on any atom is -0.480 e. The summed E-state index contributed by atoms with van der Waals surface area (Å²) in [5, 5.41) is 12.9. The van der Waals surface area contributed by atoms with Gasteiger partial charge in [0, 0.05) is 24.0 Å². The van der Waals surface area contributed by atoms with Crippen molar-refractivity contribution in [3.63, 3.8) is 0 Å². The Labute approximate surface area is 176 Å². The lowest BCUT2D eigenvalue weighted by Gasteiger charge is -2.23. The lowest BCUT2D eigenvalue weighted by Crippen LogP contribution is -2.55. The Bertz CT molecular complexity index is 1180. The van der Waals surface area contributed by atoms with E-state index in [1.54, 1.807) is 24.4 Å². The fourth-order valence-corrected chi connectivity index (χ4v) is 3.08. The number of aromatic amines is 1. The summed E-state index contributed by atoms with van der Waals surface area (Å²) < 4.78 is 0. The molecular weight excluding hydrogens is 402 g/mol. The van der Waals surface area contributed by atoms with Crippen LogP contribution in [-0.2, 0) is 11.3 Å². The minimum absolute atomic E-state index is 0.00191. The molecule has 3 aromatic rings. The van der Waals surface area contributed by atoms with Crippen LogP contribution in [0, 0.1) is 0 Å². The van der Waals surface area contributed by atoms with Gasteiger partial charge < -0.3 is 27.6 Å². The molecule has 0 saturated heterocycles. The highest BCUT2D eigenvalue weighted by atomic mass is 16.4. The first kappa shape index (κ1) is 21.9. The van der Waals surface area contributed by atoms with Gasteiger partial charge in [0.2, 0.25) is 5.95 Å². The van der Waals surface area contributed by atoms with Crippen LogP contribution < -0.4 is 28.1 Å². The van der Waals surface area contributed by atoms with Crippen LogP contribution in [0.1, 0.15) is 28.8 Å². The number of carboxylic acids is 1. The van der Waals surface area contributed by atoms with Crippen LogP contribution in [0.25, 0.3) is 11.0 Å². The minimum atomic E-state index is -2.02. The molecule has 0 aliphatic heterocycles. The van der Waals surface area contributed by atoms with Gasteiger partial charge in [-0.1, -0.05) is 0 Å². The SMILES string of the molecule is NCCC[C@](N)(C(=O)O)C(=O)c1ccc(NCc2cnc3nc(N)[nH]c(=O)c3c2)cc1. The Kier molecular flexibility index (Phi) is 6.28. The molecule has 0 fully saturated rings. The summed E-state index contributed by atoms with van der Waals surface area (Å²) in [7, 11) is 0. The van der Waals surface area contributed by atoms with Gasteiger partial charge in [0.1, 0.15) is 0 Å². The van der Waals surface area contributed by atoms with Crippen LogP contribution in [-0.4, -0.2) is 43.9 Å². The van der Waals surface area contributed by atoms with Crippen LogP contribution in [0.5, 0.6) is 0 Å². The number of H-pyrrole nitrogens is 1. The van der Waals surface area contributed by atoms with Crippen molar-refractivity contribution in [2.45, 2.75) is 24.9 Å². The summed E-state index contributed by atoms with van der Waals surface area (Å²) in [5.41, 5.74) is 16.3. The second-order valence-corrected chi connectivity index (χ2v) is 7.09. The zero-order valence-electron chi connectivity index (χ0n) is 16.6. The fraction of sp³-hybridized carbons (Fsp3) is 0.250. The molecule has 0 amide bonds. The summed E-state index contributed by atoms with van der Waals surface area (Å²) in [6.07, 6.45) is 1.84. The van der Waals surface area contributed by atoms with Crippen molar-refractivity contribution >= 4 is 34.4 Å². The topological polar surface area (TPSA) is 203 Å². The molecule has 0 radical (unpaired) electrons. The number of carbonyl (C=O) groups excluding carboxylic acids is 1. The van der Waals surface area contributed by atoms with Crippen LogP contribution in [0.3, 0.4) is 0 Å². The number of hydrogen-bond acceptors (Lipinski definition) is 9. The van der Waals surface area contributed by atoms with Crippen molar-refractivity contribution < 1.29 is 14.7 Å². The molecule has 0 bridgehead atoms. The molecule has 0 aliphatic rings. The molecule has 31 heavy (non-hydrogen) atoms. The normalized spacial score (nSPS) is 13.0. The highest BCUT2D eigenvalue weighted by molar-refractivity contribution is 6.15. The number of anilines is 2. The van der Waals surface area contributed by atoms with E-state index in [-0.39, 0.29) is 35.7 Å². The van der Waals surface area contributed by atoms with Gasteiger partial charge in [0.25, 0.3) is 5.56 Å². The molecule has 0 unspecified atom stereocenters. The van der Waals surface area contributed by atoms with Crippen LogP contribution >= 0.6 is 0 Å². The third kappa shape index (κ3) is 4.68. The predicted molar refractivity (Wildman–Crippen MR) is 116 cm³/mol. The zero-order valence-corrected chi connectivity index (χ0v) is 16.6. The van der Waals surface area contributed by atoms with Crippen molar-refractivity contribution in [1.29, 1.82) is 0 Å². The summed E-state index contributed by atoms with van der Waals surface area (Å²) >= 11 is 0. The van der Waals surface area contributed by atoms with Gasteiger partial charge in [-0.05, 0) is 55.3 Å². The van der Waals surface area contributed by atoms with Crippen molar-refractivity contribution in [2.24, 2.45) is 11.5 Å². The molecular formula is C20H23N7O4. The maximum atomic E-state index is 12.7. The van der Waals surface area contributed by atoms with E-state index in [0.717, 1.165) is 5.56 Å². The van der Waals surface area contributed by atoms with Crippen molar-refractivity contribution in [3.05, 3.63) is 58.0 Å². The van der Waals surface area contributed by atoms with Gasteiger partial charge in [-0.3, -0.25) is 14.6 Å². The third-order valence-corrected chi connectivity index (χ3v) is 4.84. The number of carbonyl (C=O) groups is 2. The van der Waals surface area contributed by atoms with Crippen molar-refractivity contribution in [3.8, 4) is 0 Å². The molecule has 0 saturated carbocycles. The highest BCUT2D eigenvalue weighted by Crippen LogP contribution is 2.20. The Hall–Kier alpha value is -3.83. The van der Waals surface area contributed by atoms with E-state index in [4.69, 9.17) is 17.2 Å². The standard InChI is InChI=1S/C20H23N7O4/c21-7-1-6-20(23,18(30)31)15(28)12-2-4-13(5-3-12)24-9-11-8-14-16(25-10-11)26-19(22)27-17(14)29/h2-5,8,10,24H,1,6-7,9,21,23H2,(H,30,31)(H3,22,25,26,27,29)/t20-/m1/s1. The van der Waals surface area contributed by atoms with Gasteiger partial charge in [0.15, 0.2) is 17.0 Å². The Morgan fingerprint density at radius 3 is 2.58 bits per heavy atom. The summed E-state index contributed by atoms with van der Waals surface area (Å²) in [6, 6.07) is 7.96. The van der Waals surface area contributed by atoms with E-state index in [1.165, 1.54) is 12.1 Å². The van der Waals surface area contributed by atoms with Gasteiger partial charge in [0.05, 0.1) is 5.39 Å². The molecule has 11 nitrogen and oxygen atoms in total. The molecule has 11 heteroatoms. The maximum absolute atomic E-state index is 12.7. The maximum Gasteiger partial charge on any atom is 0.331 e. The zero-order chi connectivity index (χ0) is 22.6. The number of nitrogens with one attached hydrogen (secondary N) is 2. The summed E-state index contributed by atoms with van der Waals surface area (Å²) in [4.78, 5) is 46.8. The van der Waals surface area contributed by atoms with Gasteiger partial charge >= 0.3 is 5.97 Å². The van der Waals surface area contributed by atoms with E-state index in [9.17, 15) is 19.5 Å². The molecule has 9 N–H and O–H groups in total. The molecule has 1 atom stereocenters. The van der Waals surface area contributed by atoms with Crippen molar-refractivity contribution in [1.82, 2.24) is 15.0 Å².